The number of methoxy groups -OCH3 is 3. The fraction of sp³-hybridized carbons (Fsp3) is 0.304. The highest BCUT2D eigenvalue weighted by Crippen LogP contribution is 2.36. The molecule has 0 aromatic heterocycles. The Morgan fingerprint density at radius 1 is 0.933 bits per heavy atom. The highest BCUT2D eigenvalue weighted by molar-refractivity contribution is 6.36. The summed E-state index contributed by atoms with van der Waals surface area (Å²) in [5.41, 5.74) is 2.87. The number of hydrogen-bond acceptors (Lipinski definition) is 6. The van der Waals surface area contributed by atoms with Gasteiger partial charge in [-0.25, -0.2) is 0 Å². The number of aryl methyl sites for hydroxylation is 1. The number of nitrogens with one attached hydrogen (secondary N) is 1. The topological polar surface area (TPSA) is 77.1 Å². The van der Waals surface area contributed by atoms with Crippen molar-refractivity contribution in [2.75, 3.05) is 39.8 Å². The number of benzene rings is 2. The van der Waals surface area contributed by atoms with Gasteiger partial charge in [-0.1, -0.05) is 24.3 Å². The summed E-state index contributed by atoms with van der Waals surface area (Å²) in [5, 5.41) is 3.19. The first-order chi connectivity index (χ1) is 14.5. The van der Waals surface area contributed by atoms with E-state index in [1.165, 1.54) is 12.0 Å². The van der Waals surface area contributed by atoms with Crippen LogP contribution in [0.25, 0.3) is 5.57 Å². The molecule has 0 atom stereocenters. The summed E-state index contributed by atoms with van der Waals surface area (Å²) < 4.78 is 15.7. The summed E-state index contributed by atoms with van der Waals surface area (Å²) in [7, 11) is 4.66. The van der Waals surface area contributed by atoms with E-state index in [0.717, 1.165) is 11.3 Å². The summed E-state index contributed by atoms with van der Waals surface area (Å²) in [6.45, 7) is 2.68. The number of anilines is 1. The predicted molar refractivity (Wildman–Crippen MR) is 114 cm³/mol. The Morgan fingerprint density at radius 3 is 2.33 bits per heavy atom. The lowest BCUT2D eigenvalue weighted by atomic mass is 10.0. The van der Waals surface area contributed by atoms with Gasteiger partial charge in [0.25, 0.3) is 11.8 Å². The van der Waals surface area contributed by atoms with Crippen molar-refractivity contribution in [2.45, 2.75) is 13.3 Å². The van der Waals surface area contributed by atoms with Crippen LogP contribution >= 0.6 is 0 Å². The van der Waals surface area contributed by atoms with Crippen LogP contribution in [-0.2, 0) is 14.3 Å². The van der Waals surface area contributed by atoms with Crippen molar-refractivity contribution < 1.29 is 23.8 Å². The lowest BCUT2D eigenvalue weighted by molar-refractivity contribution is -0.136. The molecule has 0 spiro atoms. The van der Waals surface area contributed by atoms with Gasteiger partial charge in [-0.2, -0.15) is 0 Å². The Bertz CT molecular complexity index is 983. The standard InChI is InChI=1S/C23H26N2O5/c1-15-8-5-6-9-17(15)24-21-20(16-10-11-18(29-3)19(14-16)30-4)22(26)25(23(21)27)12-7-13-28-2/h5-6,8-11,14,24H,7,12-13H2,1-4H3. The van der Waals surface area contributed by atoms with Gasteiger partial charge < -0.3 is 19.5 Å². The number of nitrogens with zero attached hydrogens (tertiary/aromatic N) is 1. The lowest BCUT2D eigenvalue weighted by Crippen LogP contribution is -2.34. The van der Waals surface area contributed by atoms with E-state index in [2.05, 4.69) is 5.32 Å². The summed E-state index contributed by atoms with van der Waals surface area (Å²) in [6, 6.07) is 12.8. The Balaban J connectivity index is 2.06. The molecule has 1 heterocycles. The van der Waals surface area contributed by atoms with Crippen LogP contribution in [-0.4, -0.2) is 51.2 Å². The second kappa shape index (κ2) is 9.45. The van der Waals surface area contributed by atoms with Gasteiger partial charge in [0.05, 0.1) is 19.8 Å². The van der Waals surface area contributed by atoms with Gasteiger partial charge in [-0.15, -0.1) is 0 Å². The van der Waals surface area contributed by atoms with E-state index in [1.54, 1.807) is 32.4 Å². The molecule has 7 heteroatoms. The largest absolute Gasteiger partial charge is 0.493 e. The van der Waals surface area contributed by atoms with Crippen LogP contribution in [0.4, 0.5) is 5.69 Å². The van der Waals surface area contributed by atoms with Crippen molar-refractivity contribution in [3.8, 4) is 11.5 Å². The maximum Gasteiger partial charge on any atom is 0.278 e. The fourth-order valence-electron chi connectivity index (χ4n) is 3.37. The highest BCUT2D eigenvalue weighted by Gasteiger charge is 2.39. The number of ether oxygens (including phenoxy) is 3. The fourth-order valence-corrected chi connectivity index (χ4v) is 3.37. The maximum absolute atomic E-state index is 13.2. The normalized spacial score (nSPS) is 13.8. The van der Waals surface area contributed by atoms with E-state index >= 15 is 0 Å². The number of imide groups is 1. The third-order valence-corrected chi connectivity index (χ3v) is 4.98. The summed E-state index contributed by atoms with van der Waals surface area (Å²) in [4.78, 5) is 27.7. The first kappa shape index (κ1) is 21.4. The molecule has 0 bridgehead atoms. The van der Waals surface area contributed by atoms with E-state index in [1.807, 2.05) is 31.2 Å². The maximum atomic E-state index is 13.2. The molecule has 2 aromatic carbocycles. The average molecular weight is 410 g/mol. The smallest absolute Gasteiger partial charge is 0.278 e. The van der Waals surface area contributed by atoms with Gasteiger partial charge in [0, 0.05) is 25.9 Å². The van der Waals surface area contributed by atoms with Gasteiger partial charge in [0.1, 0.15) is 5.70 Å². The van der Waals surface area contributed by atoms with Crippen molar-refractivity contribution in [3.63, 3.8) is 0 Å². The molecule has 0 saturated heterocycles. The van der Waals surface area contributed by atoms with Gasteiger partial charge in [0.2, 0.25) is 0 Å². The number of para-hydroxylation sites is 1. The Labute approximate surface area is 176 Å². The molecule has 3 rings (SSSR count). The second-order valence-electron chi connectivity index (χ2n) is 6.87. The number of carbonyl (C=O) groups is 2. The van der Waals surface area contributed by atoms with Crippen molar-refractivity contribution >= 4 is 23.1 Å². The number of hydrogen-bond donors (Lipinski definition) is 1. The van der Waals surface area contributed by atoms with Gasteiger partial charge in [0.15, 0.2) is 11.5 Å². The van der Waals surface area contributed by atoms with Crippen molar-refractivity contribution in [2.24, 2.45) is 0 Å². The van der Waals surface area contributed by atoms with Crippen molar-refractivity contribution in [1.82, 2.24) is 4.90 Å². The van der Waals surface area contributed by atoms with Crippen LogP contribution in [0.5, 0.6) is 11.5 Å². The first-order valence-corrected chi connectivity index (χ1v) is 9.66. The summed E-state index contributed by atoms with van der Waals surface area (Å²) in [5.74, 6) is 0.323. The molecular formula is C23H26N2O5. The van der Waals surface area contributed by atoms with Crippen LogP contribution in [0.2, 0.25) is 0 Å². The van der Waals surface area contributed by atoms with Crippen LogP contribution in [0.15, 0.2) is 48.2 Å². The first-order valence-electron chi connectivity index (χ1n) is 9.66. The average Bonchev–Trinajstić information content (AvgIpc) is 2.99. The molecule has 2 aromatic rings. The van der Waals surface area contributed by atoms with E-state index in [0.29, 0.717) is 35.7 Å². The Hall–Kier alpha value is -3.32. The molecule has 0 aliphatic carbocycles. The Morgan fingerprint density at radius 2 is 1.67 bits per heavy atom. The predicted octanol–water partition coefficient (Wildman–Crippen LogP) is 3.24. The zero-order chi connectivity index (χ0) is 21.7. The zero-order valence-corrected chi connectivity index (χ0v) is 17.7. The molecule has 7 nitrogen and oxygen atoms in total. The third-order valence-electron chi connectivity index (χ3n) is 4.98. The minimum Gasteiger partial charge on any atom is -0.493 e. The molecule has 0 radical (unpaired) electrons. The molecule has 0 unspecified atom stereocenters. The van der Waals surface area contributed by atoms with Crippen LogP contribution in [0.3, 0.4) is 0 Å². The molecular weight excluding hydrogens is 384 g/mol. The molecule has 0 fully saturated rings. The zero-order valence-electron chi connectivity index (χ0n) is 17.7. The Kier molecular flexibility index (Phi) is 6.74. The van der Waals surface area contributed by atoms with Gasteiger partial charge in [-0.3, -0.25) is 14.5 Å². The van der Waals surface area contributed by atoms with Crippen LogP contribution in [0.1, 0.15) is 17.5 Å². The van der Waals surface area contributed by atoms with Crippen molar-refractivity contribution in [3.05, 3.63) is 59.3 Å². The quantitative estimate of drug-likeness (QED) is 0.505. The molecule has 1 aliphatic heterocycles. The minimum atomic E-state index is -0.357. The van der Waals surface area contributed by atoms with Gasteiger partial charge in [-0.05, 0) is 42.7 Å². The SMILES string of the molecule is COCCCN1C(=O)C(Nc2ccccc2C)=C(c2ccc(OC)c(OC)c2)C1=O. The molecule has 1 N–H and O–H groups in total. The van der Waals surface area contributed by atoms with E-state index in [9.17, 15) is 9.59 Å². The van der Waals surface area contributed by atoms with Crippen molar-refractivity contribution in [1.29, 1.82) is 0 Å². The highest BCUT2D eigenvalue weighted by atomic mass is 16.5. The van der Waals surface area contributed by atoms with Crippen LogP contribution in [0, 0.1) is 6.92 Å². The number of carbonyl (C=O) groups excluding carboxylic acids is 2. The molecule has 158 valence electrons. The monoisotopic (exact) mass is 410 g/mol. The van der Waals surface area contributed by atoms with E-state index < -0.39 is 0 Å². The lowest BCUT2D eigenvalue weighted by Gasteiger charge is -2.15. The number of amides is 2. The summed E-state index contributed by atoms with van der Waals surface area (Å²) >= 11 is 0. The third kappa shape index (κ3) is 4.16. The van der Waals surface area contributed by atoms with Crippen LogP contribution < -0.4 is 14.8 Å². The summed E-state index contributed by atoms with van der Waals surface area (Å²) in [6.07, 6.45) is 0.560. The second-order valence-corrected chi connectivity index (χ2v) is 6.87. The number of rotatable bonds is 9. The minimum absolute atomic E-state index is 0.249. The van der Waals surface area contributed by atoms with E-state index in [4.69, 9.17) is 14.2 Å². The van der Waals surface area contributed by atoms with Gasteiger partial charge >= 0.3 is 0 Å². The molecule has 30 heavy (non-hydrogen) atoms. The molecule has 0 saturated carbocycles. The molecule has 1 aliphatic rings. The molecule has 2 amide bonds. The van der Waals surface area contributed by atoms with E-state index in [-0.39, 0.29) is 24.1 Å².